The molecule has 0 aliphatic carbocycles. The molecule has 3 amide bonds. The Morgan fingerprint density at radius 1 is 1.29 bits per heavy atom. The molecule has 0 aromatic heterocycles. The SMILES string of the molecule is COc1cccc(NC(=O)N2CCC(N(CCN3CCOCC3)C(C)=O)C2)c1. The van der Waals surface area contributed by atoms with Gasteiger partial charge >= 0.3 is 6.03 Å². The number of rotatable bonds is 6. The number of amides is 3. The van der Waals surface area contributed by atoms with Crippen molar-refractivity contribution in [2.24, 2.45) is 0 Å². The summed E-state index contributed by atoms with van der Waals surface area (Å²) in [6.07, 6.45) is 0.800. The smallest absolute Gasteiger partial charge is 0.321 e. The molecule has 0 bridgehead atoms. The number of urea groups is 1. The monoisotopic (exact) mass is 390 g/mol. The van der Waals surface area contributed by atoms with Crippen LogP contribution in [0.15, 0.2) is 24.3 Å². The summed E-state index contributed by atoms with van der Waals surface area (Å²) in [6, 6.07) is 7.21. The van der Waals surface area contributed by atoms with Gasteiger partial charge in [0.05, 0.1) is 26.4 Å². The maximum absolute atomic E-state index is 12.6. The number of carbonyl (C=O) groups is 2. The molecule has 2 aliphatic heterocycles. The third-order valence-corrected chi connectivity index (χ3v) is 5.38. The standard InChI is InChI=1S/C20H30N4O4/c1-16(25)24(9-8-22-10-12-28-13-11-22)18-6-7-23(15-18)20(26)21-17-4-3-5-19(14-17)27-2/h3-5,14,18H,6-13,15H2,1-2H3,(H,21,26). The van der Waals surface area contributed by atoms with Crippen LogP contribution in [0.2, 0.25) is 0 Å². The first-order valence-corrected chi connectivity index (χ1v) is 9.84. The van der Waals surface area contributed by atoms with Gasteiger partial charge in [0.15, 0.2) is 0 Å². The van der Waals surface area contributed by atoms with Crippen LogP contribution >= 0.6 is 0 Å². The molecule has 2 fully saturated rings. The Bertz CT molecular complexity index is 678. The highest BCUT2D eigenvalue weighted by molar-refractivity contribution is 5.89. The summed E-state index contributed by atoms with van der Waals surface area (Å²) in [7, 11) is 1.60. The summed E-state index contributed by atoms with van der Waals surface area (Å²) in [5.41, 5.74) is 0.698. The largest absolute Gasteiger partial charge is 0.497 e. The van der Waals surface area contributed by atoms with Crippen LogP contribution in [0.3, 0.4) is 0 Å². The molecule has 3 rings (SSSR count). The van der Waals surface area contributed by atoms with Gasteiger partial charge in [0.25, 0.3) is 0 Å². The first kappa shape index (κ1) is 20.4. The minimum Gasteiger partial charge on any atom is -0.497 e. The highest BCUT2D eigenvalue weighted by atomic mass is 16.5. The normalized spacial score (nSPS) is 20.1. The molecule has 1 aromatic carbocycles. The molecule has 28 heavy (non-hydrogen) atoms. The second-order valence-electron chi connectivity index (χ2n) is 7.22. The minimum absolute atomic E-state index is 0.0633. The molecule has 8 heteroatoms. The van der Waals surface area contributed by atoms with Crippen LogP contribution in [0.1, 0.15) is 13.3 Å². The number of carbonyl (C=O) groups excluding carboxylic acids is 2. The Balaban J connectivity index is 1.52. The summed E-state index contributed by atoms with van der Waals surface area (Å²) in [5, 5.41) is 2.91. The van der Waals surface area contributed by atoms with Crippen LogP contribution in [0, 0.1) is 0 Å². The van der Waals surface area contributed by atoms with Crippen molar-refractivity contribution in [3.8, 4) is 5.75 Å². The number of ether oxygens (including phenoxy) is 2. The first-order valence-electron chi connectivity index (χ1n) is 9.84. The summed E-state index contributed by atoms with van der Waals surface area (Å²) in [5.74, 6) is 0.760. The van der Waals surface area contributed by atoms with E-state index >= 15 is 0 Å². The molecule has 0 saturated carbocycles. The fourth-order valence-electron chi connectivity index (χ4n) is 3.76. The zero-order valence-corrected chi connectivity index (χ0v) is 16.7. The minimum atomic E-state index is -0.146. The van der Waals surface area contributed by atoms with Gasteiger partial charge in [0.1, 0.15) is 5.75 Å². The van der Waals surface area contributed by atoms with E-state index < -0.39 is 0 Å². The van der Waals surface area contributed by atoms with Crippen molar-refractivity contribution in [1.29, 1.82) is 0 Å². The number of benzene rings is 1. The van der Waals surface area contributed by atoms with Gasteiger partial charge in [-0.2, -0.15) is 0 Å². The van der Waals surface area contributed by atoms with E-state index in [2.05, 4.69) is 10.2 Å². The number of anilines is 1. The fraction of sp³-hybridized carbons (Fsp3) is 0.600. The van der Waals surface area contributed by atoms with E-state index in [4.69, 9.17) is 9.47 Å². The van der Waals surface area contributed by atoms with E-state index in [1.54, 1.807) is 25.0 Å². The first-order chi connectivity index (χ1) is 13.6. The molecule has 2 saturated heterocycles. The summed E-state index contributed by atoms with van der Waals surface area (Å²) < 4.78 is 10.6. The average molecular weight is 390 g/mol. The Kier molecular flexibility index (Phi) is 7.11. The summed E-state index contributed by atoms with van der Waals surface area (Å²) in [6.45, 7) is 7.65. The molecular formula is C20H30N4O4. The Morgan fingerprint density at radius 3 is 2.79 bits per heavy atom. The van der Waals surface area contributed by atoms with Crippen molar-refractivity contribution in [2.75, 3.05) is 64.9 Å². The topological polar surface area (TPSA) is 74.3 Å². The van der Waals surface area contributed by atoms with Gasteiger partial charge in [-0.3, -0.25) is 9.69 Å². The number of nitrogens with zero attached hydrogens (tertiary/aromatic N) is 3. The van der Waals surface area contributed by atoms with Crippen molar-refractivity contribution < 1.29 is 19.1 Å². The lowest BCUT2D eigenvalue weighted by atomic mass is 10.2. The van der Waals surface area contributed by atoms with Gasteiger partial charge in [-0.05, 0) is 18.6 Å². The second-order valence-corrected chi connectivity index (χ2v) is 7.22. The van der Waals surface area contributed by atoms with E-state index in [0.29, 0.717) is 31.1 Å². The molecule has 1 unspecified atom stereocenters. The molecular weight excluding hydrogens is 360 g/mol. The third kappa shape index (κ3) is 5.36. The molecule has 0 spiro atoms. The lowest BCUT2D eigenvalue weighted by molar-refractivity contribution is -0.131. The maximum Gasteiger partial charge on any atom is 0.321 e. The van der Waals surface area contributed by atoms with Gasteiger partial charge in [0, 0.05) is 57.9 Å². The maximum atomic E-state index is 12.6. The molecule has 1 N–H and O–H groups in total. The third-order valence-electron chi connectivity index (χ3n) is 5.38. The number of morpholine rings is 1. The van der Waals surface area contributed by atoms with Crippen LogP contribution in [-0.4, -0.2) is 92.3 Å². The highest BCUT2D eigenvalue weighted by Gasteiger charge is 2.32. The van der Waals surface area contributed by atoms with Gasteiger partial charge in [-0.1, -0.05) is 6.07 Å². The lowest BCUT2D eigenvalue weighted by Gasteiger charge is -2.32. The summed E-state index contributed by atoms with van der Waals surface area (Å²) >= 11 is 0. The number of hydrogen-bond donors (Lipinski definition) is 1. The molecule has 2 heterocycles. The van der Waals surface area contributed by atoms with Gasteiger partial charge in [0.2, 0.25) is 5.91 Å². The summed E-state index contributed by atoms with van der Waals surface area (Å²) in [4.78, 5) is 30.8. The number of methoxy groups -OCH3 is 1. The van der Waals surface area contributed by atoms with Crippen LogP contribution in [0.25, 0.3) is 0 Å². The molecule has 2 aliphatic rings. The van der Waals surface area contributed by atoms with Crippen molar-refractivity contribution in [2.45, 2.75) is 19.4 Å². The predicted molar refractivity (Wildman–Crippen MR) is 107 cm³/mol. The lowest BCUT2D eigenvalue weighted by Crippen LogP contribution is -2.47. The number of nitrogens with one attached hydrogen (secondary N) is 1. The van der Waals surface area contributed by atoms with Crippen molar-refractivity contribution in [3.05, 3.63) is 24.3 Å². The van der Waals surface area contributed by atoms with Gasteiger partial charge < -0.3 is 24.6 Å². The predicted octanol–water partition coefficient (Wildman–Crippen LogP) is 1.48. The van der Waals surface area contributed by atoms with E-state index in [1.807, 2.05) is 23.1 Å². The molecule has 1 atom stereocenters. The Morgan fingerprint density at radius 2 is 2.07 bits per heavy atom. The van der Waals surface area contributed by atoms with Crippen molar-refractivity contribution >= 4 is 17.6 Å². The van der Waals surface area contributed by atoms with Crippen LogP contribution in [-0.2, 0) is 9.53 Å². The van der Waals surface area contributed by atoms with Crippen LogP contribution < -0.4 is 10.1 Å². The second kappa shape index (κ2) is 9.75. The molecule has 0 radical (unpaired) electrons. The van der Waals surface area contributed by atoms with E-state index in [9.17, 15) is 9.59 Å². The molecule has 1 aromatic rings. The zero-order chi connectivity index (χ0) is 19.9. The van der Waals surface area contributed by atoms with Crippen LogP contribution in [0.4, 0.5) is 10.5 Å². The van der Waals surface area contributed by atoms with E-state index in [0.717, 1.165) is 39.3 Å². The Labute approximate surface area is 166 Å². The van der Waals surface area contributed by atoms with Gasteiger partial charge in [-0.25, -0.2) is 4.79 Å². The van der Waals surface area contributed by atoms with Crippen molar-refractivity contribution in [3.63, 3.8) is 0 Å². The fourth-order valence-corrected chi connectivity index (χ4v) is 3.76. The quantitative estimate of drug-likeness (QED) is 0.797. The Hall–Kier alpha value is -2.32. The highest BCUT2D eigenvalue weighted by Crippen LogP contribution is 2.20. The van der Waals surface area contributed by atoms with Gasteiger partial charge in [-0.15, -0.1) is 0 Å². The van der Waals surface area contributed by atoms with Crippen LogP contribution in [0.5, 0.6) is 5.75 Å². The molecule has 8 nitrogen and oxygen atoms in total. The number of likely N-dealkylation sites (tertiary alicyclic amines) is 1. The molecule has 154 valence electrons. The van der Waals surface area contributed by atoms with E-state index in [1.165, 1.54) is 0 Å². The average Bonchev–Trinajstić information content (AvgIpc) is 3.19. The van der Waals surface area contributed by atoms with E-state index in [-0.39, 0.29) is 18.0 Å². The van der Waals surface area contributed by atoms with Crippen molar-refractivity contribution in [1.82, 2.24) is 14.7 Å². The zero-order valence-electron chi connectivity index (χ0n) is 16.7. The number of hydrogen-bond acceptors (Lipinski definition) is 5.